The van der Waals surface area contributed by atoms with Crippen LogP contribution in [0.1, 0.15) is 47.2 Å². The molecule has 0 bridgehead atoms. The van der Waals surface area contributed by atoms with E-state index in [0.717, 1.165) is 29.8 Å². The van der Waals surface area contributed by atoms with Crippen molar-refractivity contribution in [2.45, 2.75) is 38.6 Å². The fourth-order valence-electron chi connectivity index (χ4n) is 2.23. The molecule has 0 aliphatic rings. The first-order valence-corrected chi connectivity index (χ1v) is 8.70. The zero-order chi connectivity index (χ0) is 16.7. The van der Waals surface area contributed by atoms with Crippen molar-refractivity contribution in [3.63, 3.8) is 0 Å². The number of hydrogen-bond acceptors (Lipinski definition) is 4. The van der Waals surface area contributed by atoms with Gasteiger partial charge in [-0.05, 0) is 24.1 Å². The van der Waals surface area contributed by atoms with Crippen molar-refractivity contribution in [3.05, 3.63) is 51.7 Å². The molecule has 1 heterocycles. The fraction of sp³-hybridized carbons (Fsp3) is 0.412. The van der Waals surface area contributed by atoms with E-state index in [1.807, 2.05) is 0 Å². The number of benzene rings is 1. The number of halogens is 1. The first-order valence-electron chi connectivity index (χ1n) is 7.82. The molecule has 6 heteroatoms. The van der Waals surface area contributed by atoms with E-state index in [-0.39, 0.29) is 17.8 Å². The number of nitrogens with two attached hydrogens (primary N) is 1. The van der Waals surface area contributed by atoms with Crippen molar-refractivity contribution in [1.82, 2.24) is 10.3 Å². The van der Waals surface area contributed by atoms with Gasteiger partial charge in [0.05, 0.1) is 5.01 Å². The SMILES string of the molecule is CCCCC(CN)NC(=O)c1csc(Cc2ccc(F)cc2)n1. The molecule has 1 unspecified atom stereocenters. The molecule has 0 saturated carbocycles. The van der Waals surface area contributed by atoms with Crippen LogP contribution in [0.3, 0.4) is 0 Å². The highest BCUT2D eigenvalue weighted by molar-refractivity contribution is 7.09. The number of thiazole rings is 1. The van der Waals surface area contributed by atoms with Gasteiger partial charge in [-0.2, -0.15) is 0 Å². The van der Waals surface area contributed by atoms with Gasteiger partial charge in [-0.15, -0.1) is 11.3 Å². The van der Waals surface area contributed by atoms with Gasteiger partial charge in [0.25, 0.3) is 5.91 Å². The highest BCUT2D eigenvalue weighted by atomic mass is 32.1. The quantitative estimate of drug-likeness (QED) is 0.779. The smallest absolute Gasteiger partial charge is 0.271 e. The molecule has 0 aliphatic carbocycles. The van der Waals surface area contributed by atoms with E-state index in [1.54, 1.807) is 17.5 Å². The fourth-order valence-corrected chi connectivity index (χ4v) is 3.04. The second-order valence-electron chi connectivity index (χ2n) is 5.48. The van der Waals surface area contributed by atoms with Crippen LogP contribution in [-0.4, -0.2) is 23.5 Å². The lowest BCUT2D eigenvalue weighted by Gasteiger charge is -2.15. The summed E-state index contributed by atoms with van der Waals surface area (Å²) in [7, 11) is 0. The molecule has 0 spiro atoms. The molecule has 1 aromatic carbocycles. The maximum atomic E-state index is 12.9. The molecule has 1 amide bonds. The third kappa shape index (κ3) is 5.41. The average molecular weight is 335 g/mol. The Morgan fingerprint density at radius 1 is 1.39 bits per heavy atom. The number of nitrogens with one attached hydrogen (secondary N) is 1. The zero-order valence-electron chi connectivity index (χ0n) is 13.2. The Morgan fingerprint density at radius 2 is 2.13 bits per heavy atom. The molecule has 0 radical (unpaired) electrons. The van der Waals surface area contributed by atoms with E-state index < -0.39 is 0 Å². The van der Waals surface area contributed by atoms with Crippen molar-refractivity contribution in [3.8, 4) is 0 Å². The van der Waals surface area contributed by atoms with Crippen LogP contribution in [0.5, 0.6) is 0 Å². The molecule has 4 nitrogen and oxygen atoms in total. The predicted molar refractivity (Wildman–Crippen MR) is 91.2 cm³/mol. The summed E-state index contributed by atoms with van der Waals surface area (Å²) in [5, 5.41) is 5.52. The lowest BCUT2D eigenvalue weighted by atomic mass is 10.1. The van der Waals surface area contributed by atoms with Crippen molar-refractivity contribution in [1.29, 1.82) is 0 Å². The lowest BCUT2D eigenvalue weighted by Crippen LogP contribution is -2.40. The van der Waals surface area contributed by atoms with Gasteiger partial charge in [-0.25, -0.2) is 9.37 Å². The lowest BCUT2D eigenvalue weighted by molar-refractivity contribution is 0.0931. The molecule has 1 atom stereocenters. The second-order valence-corrected chi connectivity index (χ2v) is 6.42. The molecule has 0 fully saturated rings. The maximum absolute atomic E-state index is 12.9. The number of carbonyl (C=O) groups excluding carboxylic acids is 1. The van der Waals surface area contributed by atoms with E-state index in [1.165, 1.54) is 23.5 Å². The van der Waals surface area contributed by atoms with Gasteiger partial charge >= 0.3 is 0 Å². The van der Waals surface area contributed by atoms with Crippen LogP contribution in [0, 0.1) is 5.82 Å². The van der Waals surface area contributed by atoms with Gasteiger partial charge < -0.3 is 11.1 Å². The molecular weight excluding hydrogens is 313 g/mol. The standard InChI is InChI=1S/C17H22FN3OS/c1-2-3-4-14(10-19)20-17(22)15-11-23-16(21-15)9-12-5-7-13(18)8-6-12/h5-8,11,14H,2-4,9-10,19H2,1H3,(H,20,22). The van der Waals surface area contributed by atoms with Crippen molar-refractivity contribution in [2.75, 3.05) is 6.54 Å². The number of unbranched alkanes of at least 4 members (excludes halogenated alkanes) is 1. The summed E-state index contributed by atoms with van der Waals surface area (Å²) in [6.07, 6.45) is 3.58. The zero-order valence-corrected chi connectivity index (χ0v) is 14.0. The third-order valence-corrected chi connectivity index (χ3v) is 4.43. The molecule has 0 aliphatic heterocycles. The molecule has 2 aromatic rings. The monoisotopic (exact) mass is 335 g/mol. The Hall–Kier alpha value is -1.79. The first kappa shape index (κ1) is 17.6. The number of hydrogen-bond donors (Lipinski definition) is 2. The summed E-state index contributed by atoms with van der Waals surface area (Å²) < 4.78 is 12.9. The molecule has 0 saturated heterocycles. The summed E-state index contributed by atoms with van der Waals surface area (Å²) in [5.41, 5.74) is 7.08. The topological polar surface area (TPSA) is 68.0 Å². The van der Waals surface area contributed by atoms with Crippen LogP contribution in [0.2, 0.25) is 0 Å². The Balaban J connectivity index is 1.95. The Bertz CT molecular complexity index is 627. The first-order chi connectivity index (χ1) is 11.1. The molecule has 1 aromatic heterocycles. The largest absolute Gasteiger partial charge is 0.347 e. The van der Waals surface area contributed by atoms with Gasteiger partial charge in [0.15, 0.2) is 0 Å². The van der Waals surface area contributed by atoms with E-state index in [9.17, 15) is 9.18 Å². The van der Waals surface area contributed by atoms with Gasteiger partial charge in [-0.1, -0.05) is 31.9 Å². The summed E-state index contributed by atoms with van der Waals surface area (Å²) in [5.74, 6) is -0.439. The number of nitrogens with zero attached hydrogens (tertiary/aromatic N) is 1. The molecule has 2 rings (SSSR count). The van der Waals surface area contributed by atoms with Crippen LogP contribution in [0.4, 0.5) is 4.39 Å². The average Bonchev–Trinajstić information content (AvgIpc) is 3.02. The summed E-state index contributed by atoms with van der Waals surface area (Å²) in [4.78, 5) is 16.6. The van der Waals surface area contributed by atoms with Crippen LogP contribution < -0.4 is 11.1 Å². The van der Waals surface area contributed by atoms with Crippen LogP contribution in [-0.2, 0) is 6.42 Å². The second kappa shape index (κ2) is 8.74. The molecule has 23 heavy (non-hydrogen) atoms. The van der Waals surface area contributed by atoms with Gasteiger partial charge in [0.2, 0.25) is 0 Å². The van der Waals surface area contributed by atoms with E-state index in [4.69, 9.17) is 5.73 Å². The third-order valence-electron chi connectivity index (χ3n) is 3.58. The minimum atomic E-state index is -0.257. The normalized spacial score (nSPS) is 12.1. The molecular formula is C17H22FN3OS. The van der Waals surface area contributed by atoms with E-state index in [0.29, 0.717) is 18.7 Å². The van der Waals surface area contributed by atoms with E-state index in [2.05, 4.69) is 17.2 Å². The number of amides is 1. The minimum Gasteiger partial charge on any atom is -0.347 e. The van der Waals surface area contributed by atoms with Crippen LogP contribution in [0.25, 0.3) is 0 Å². The Morgan fingerprint density at radius 3 is 2.78 bits per heavy atom. The highest BCUT2D eigenvalue weighted by Gasteiger charge is 2.15. The van der Waals surface area contributed by atoms with Crippen LogP contribution >= 0.6 is 11.3 Å². The summed E-state index contributed by atoms with van der Waals surface area (Å²) in [6.45, 7) is 2.54. The van der Waals surface area contributed by atoms with Gasteiger partial charge in [0.1, 0.15) is 11.5 Å². The minimum absolute atomic E-state index is 0.00954. The number of carbonyl (C=O) groups is 1. The van der Waals surface area contributed by atoms with Gasteiger partial charge in [-0.3, -0.25) is 4.79 Å². The Labute approximate surface area is 139 Å². The summed E-state index contributed by atoms with van der Waals surface area (Å²) >= 11 is 1.43. The van der Waals surface area contributed by atoms with Crippen LogP contribution in [0.15, 0.2) is 29.6 Å². The summed E-state index contributed by atoms with van der Waals surface area (Å²) in [6, 6.07) is 6.30. The van der Waals surface area contributed by atoms with Crippen molar-refractivity contribution < 1.29 is 9.18 Å². The van der Waals surface area contributed by atoms with Crippen molar-refractivity contribution in [2.24, 2.45) is 5.73 Å². The van der Waals surface area contributed by atoms with Crippen molar-refractivity contribution >= 4 is 17.2 Å². The Kier molecular flexibility index (Phi) is 6.67. The number of rotatable bonds is 8. The number of aromatic nitrogens is 1. The predicted octanol–water partition coefficient (Wildman–Crippen LogP) is 3.12. The van der Waals surface area contributed by atoms with Gasteiger partial charge in [0, 0.05) is 24.4 Å². The van der Waals surface area contributed by atoms with E-state index >= 15 is 0 Å². The molecule has 3 N–H and O–H groups in total. The molecule has 124 valence electrons. The highest BCUT2D eigenvalue weighted by Crippen LogP contribution is 2.15. The maximum Gasteiger partial charge on any atom is 0.271 e.